The molecule has 1 saturated heterocycles. The maximum absolute atomic E-state index is 13.1. The van der Waals surface area contributed by atoms with E-state index in [2.05, 4.69) is 10.6 Å². The molecule has 178 valence electrons. The van der Waals surface area contributed by atoms with Crippen molar-refractivity contribution in [1.82, 2.24) is 15.5 Å². The SMILES string of the molecule is CCC(C)C(NC(=O)C(NC(=O)C1CCCN1C(=O)C(N)C(C)C)C(C)CC)C(=O)O. The van der Waals surface area contributed by atoms with E-state index in [0.29, 0.717) is 32.2 Å². The largest absolute Gasteiger partial charge is 0.480 e. The Morgan fingerprint density at radius 2 is 1.55 bits per heavy atom. The van der Waals surface area contributed by atoms with Gasteiger partial charge in [-0.25, -0.2) is 4.79 Å². The Kier molecular flexibility index (Phi) is 10.4. The first-order valence-corrected chi connectivity index (χ1v) is 11.4. The van der Waals surface area contributed by atoms with Crippen LogP contribution in [0.5, 0.6) is 0 Å². The fourth-order valence-corrected chi connectivity index (χ4v) is 3.66. The van der Waals surface area contributed by atoms with Crippen LogP contribution in [0.2, 0.25) is 0 Å². The molecule has 1 fully saturated rings. The Balaban J connectivity index is 2.98. The highest BCUT2D eigenvalue weighted by Gasteiger charge is 2.39. The number of likely N-dealkylation sites (tertiary alicyclic amines) is 1. The summed E-state index contributed by atoms with van der Waals surface area (Å²) in [6.45, 7) is 11.5. The lowest BCUT2D eigenvalue weighted by Gasteiger charge is -2.31. The van der Waals surface area contributed by atoms with Crippen molar-refractivity contribution in [2.24, 2.45) is 23.5 Å². The molecule has 31 heavy (non-hydrogen) atoms. The first kappa shape index (κ1) is 26.9. The van der Waals surface area contributed by atoms with Gasteiger partial charge < -0.3 is 26.4 Å². The van der Waals surface area contributed by atoms with Crippen LogP contribution in [-0.4, -0.2) is 64.4 Å². The van der Waals surface area contributed by atoms with Gasteiger partial charge in [-0.15, -0.1) is 0 Å². The highest BCUT2D eigenvalue weighted by atomic mass is 16.4. The Morgan fingerprint density at radius 3 is 2.03 bits per heavy atom. The van der Waals surface area contributed by atoms with E-state index in [9.17, 15) is 24.3 Å². The van der Waals surface area contributed by atoms with Crippen LogP contribution in [0.4, 0.5) is 0 Å². The van der Waals surface area contributed by atoms with Crippen molar-refractivity contribution in [2.75, 3.05) is 6.54 Å². The smallest absolute Gasteiger partial charge is 0.326 e. The first-order chi connectivity index (χ1) is 14.5. The van der Waals surface area contributed by atoms with Crippen molar-refractivity contribution in [3.63, 3.8) is 0 Å². The summed E-state index contributed by atoms with van der Waals surface area (Å²) in [7, 11) is 0. The second-order valence-electron chi connectivity index (χ2n) is 9.04. The number of carbonyl (C=O) groups excluding carboxylic acids is 3. The molecule has 0 aromatic rings. The molecule has 1 heterocycles. The van der Waals surface area contributed by atoms with Crippen molar-refractivity contribution in [3.05, 3.63) is 0 Å². The minimum atomic E-state index is -1.10. The standard InChI is InChI=1S/C22H40N4O5/c1-7-13(5)17(20(28)25-18(22(30)31)14(6)8-2)24-19(27)15-10-9-11-26(15)21(29)16(23)12(3)4/h12-18H,7-11,23H2,1-6H3,(H,24,27)(H,25,28)(H,30,31). The second-order valence-corrected chi connectivity index (χ2v) is 9.04. The molecule has 6 unspecified atom stereocenters. The zero-order valence-corrected chi connectivity index (χ0v) is 19.7. The van der Waals surface area contributed by atoms with Gasteiger partial charge in [0.05, 0.1) is 6.04 Å². The number of hydrogen-bond donors (Lipinski definition) is 4. The normalized spacial score (nSPS) is 21.2. The molecule has 1 aliphatic rings. The third kappa shape index (κ3) is 6.92. The fraction of sp³-hybridized carbons (Fsp3) is 0.818. The maximum Gasteiger partial charge on any atom is 0.326 e. The molecule has 0 radical (unpaired) electrons. The average Bonchev–Trinajstić information content (AvgIpc) is 3.22. The summed E-state index contributed by atoms with van der Waals surface area (Å²) in [5.41, 5.74) is 6.00. The van der Waals surface area contributed by atoms with E-state index in [1.54, 1.807) is 6.92 Å². The molecular formula is C22H40N4O5. The predicted molar refractivity (Wildman–Crippen MR) is 118 cm³/mol. The van der Waals surface area contributed by atoms with Crippen LogP contribution in [0.3, 0.4) is 0 Å². The van der Waals surface area contributed by atoms with Gasteiger partial charge >= 0.3 is 5.97 Å². The monoisotopic (exact) mass is 440 g/mol. The predicted octanol–water partition coefficient (Wildman–Crippen LogP) is 1.11. The minimum Gasteiger partial charge on any atom is -0.480 e. The van der Waals surface area contributed by atoms with Gasteiger partial charge in [-0.3, -0.25) is 14.4 Å². The molecule has 1 rings (SSSR count). The van der Waals surface area contributed by atoms with Crippen LogP contribution >= 0.6 is 0 Å². The van der Waals surface area contributed by atoms with Crippen molar-refractivity contribution in [3.8, 4) is 0 Å². The van der Waals surface area contributed by atoms with Gasteiger partial charge in [0, 0.05) is 6.54 Å². The highest BCUT2D eigenvalue weighted by Crippen LogP contribution is 2.21. The number of nitrogens with two attached hydrogens (primary N) is 1. The summed E-state index contributed by atoms with van der Waals surface area (Å²) in [6.07, 6.45) is 2.39. The summed E-state index contributed by atoms with van der Waals surface area (Å²) >= 11 is 0. The number of nitrogens with zero attached hydrogens (tertiary/aromatic N) is 1. The van der Waals surface area contributed by atoms with Crippen LogP contribution in [0.1, 0.15) is 67.2 Å². The summed E-state index contributed by atoms with van der Waals surface area (Å²) in [6, 6.07) is -3.29. The number of carboxylic acid groups (broad SMARTS) is 1. The highest BCUT2D eigenvalue weighted by molar-refractivity contribution is 5.94. The zero-order valence-electron chi connectivity index (χ0n) is 19.7. The summed E-state index contributed by atoms with van der Waals surface area (Å²) in [5.74, 6) is -2.81. The molecule has 0 aliphatic carbocycles. The molecule has 0 aromatic carbocycles. The number of carboxylic acids is 1. The van der Waals surface area contributed by atoms with E-state index < -0.39 is 42.0 Å². The third-order valence-electron chi connectivity index (χ3n) is 6.41. The molecule has 9 nitrogen and oxygen atoms in total. The zero-order chi connectivity index (χ0) is 23.9. The number of hydrogen-bond acceptors (Lipinski definition) is 5. The van der Waals surface area contributed by atoms with E-state index in [-0.39, 0.29) is 23.7 Å². The van der Waals surface area contributed by atoms with E-state index in [0.717, 1.165) is 0 Å². The molecule has 1 aliphatic heterocycles. The summed E-state index contributed by atoms with van der Waals surface area (Å²) < 4.78 is 0. The van der Waals surface area contributed by atoms with Gasteiger partial charge in [0.1, 0.15) is 18.1 Å². The lowest BCUT2D eigenvalue weighted by Crippen LogP contribution is -2.59. The Labute approximate surface area is 185 Å². The second kappa shape index (κ2) is 12.0. The van der Waals surface area contributed by atoms with E-state index in [4.69, 9.17) is 5.73 Å². The first-order valence-electron chi connectivity index (χ1n) is 11.4. The molecule has 0 spiro atoms. The lowest BCUT2D eigenvalue weighted by atomic mass is 9.95. The molecule has 0 saturated carbocycles. The van der Waals surface area contributed by atoms with E-state index >= 15 is 0 Å². The van der Waals surface area contributed by atoms with E-state index in [1.165, 1.54) is 4.90 Å². The van der Waals surface area contributed by atoms with Gasteiger partial charge in [-0.1, -0.05) is 54.4 Å². The Morgan fingerprint density at radius 1 is 1.00 bits per heavy atom. The molecule has 0 bridgehead atoms. The van der Waals surface area contributed by atoms with Crippen molar-refractivity contribution in [2.45, 2.75) is 91.4 Å². The van der Waals surface area contributed by atoms with Crippen LogP contribution in [0.25, 0.3) is 0 Å². The summed E-state index contributed by atoms with van der Waals surface area (Å²) in [4.78, 5) is 51.8. The molecule has 5 N–H and O–H groups in total. The number of nitrogens with one attached hydrogen (secondary N) is 2. The summed E-state index contributed by atoms with van der Waals surface area (Å²) in [5, 5.41) is 14.9. The molecule has 9 heteroatoms. The topological polar surface area (TPSA) is 142 Å². The van der Waals surface area contributed by atoms with Crippen molar-refractivity contribution < 1.29 is 24.3 Å². The number of aliphatic carboxylic acids is 1. The molecule has 6 atom stereocenters. The van der Waals surface area contributed by atoms with Gasteiger partial charge in [0.2, 0.25) is 17.7 Å². The van der Waals surface area contributed by atoms with Gasteiger partial charge in [0.25, 0.3) is 0 Å². The Bertz CT molecular complexity index is 654. The minimum absolute atomic E-state index is 0.0519. The fourth-order valence-electron chi connectivity index (χ4n) is 3.66. The number of rotatable bonds is 11. The van der Waals surface area contributed by atoms with Crippen LogP contribution in [0.15, 0.2) is 0 Å². The lowest BCUT2D eigenvalue weighted by molar-refractivity contribution is -0.144. The maximum atomic E-state index is 13.1. The van der Waals surface area contributed by atoms with Crippen LogP contribution < -0.4 is 16.4 Å². The number of amides is 3. The van der Waals surface area contributed by atoms with Crippen molar-refractivity contribution >= 4 is 23.7 Å². The quantitative estimate of drug-likeness (QED) is 0.379. The Hall–Kier alpha value is -2.16. The van der Waals surface area contributed by atoms with Crippen LogP contribution in [-0.2, 0) is 19.2 Å². The van der Waals surface area contributed by atoms with E-state index in [1.807, 2.05) is 34.6 Å². The van der Waals surface area contributed by atoms with Gasteiger partial charge in [-0.2, -0.15) is 0 Å². The molecule has 3 amide bonds. The number of carbonyl (C=O) groups is 4. The molecule has 0 aromatic heterocycles. The van der Waals surface area contributed by atoms with Gasteiger partial charge in [0.15, 0.2) is 0 Å². The van der Waals surface area contributed by atoms with Crippen LogP contribution in [0, 0.1) is 17.8 Å². The molecular weight excluding hydrogens is 400 g/mol. The third-order valence-corrected chi connectivity index (χ3v) is 6.41. The van der Waals surface area contributed by atoms with Gasteiger partial charge in [-0.05, 0) is 30.6 Å². The van der Waals surface area contributed by atoms with Crippen molar-refractivity contribution in [1.29, 1.82) is 0 Å². The average molecular weight is 441 g/mol.